The van der Waals surface area contributed by atoms with E-state index in [1.165, 1.54) is 16.9 Å². The van der Waals surface area contributed by atoms with E-state index in [2.05, 4.69) is 25.3 Å². The molecule has 5 heterocycles. The fraction of sp³-hybridized carbons (Fsp3) is 0.185. The van der Waals surface area contributed by atoms with Crippen LogP contribution in [0.5, 0.6) is 0 Å². The van der Waals surface area contributed by atoms with Gasteiger partial charge in [0.1, 0.15) is 5.82 Å². The Morgan fingerprint density at radius 1 is 1.18 bits per heavy atom. The first-order chi connectivity index (χ1) is 18.8. The zero-order chi connectivity index (χ0) is 27.0. The van der Waals surface area contributed by atoms with E-state index in [4.69, 9.17) is 11.6 Å². The Labute approximate surface area is 224 Å². The molecule has 12 heteroatoms. The summed E-state index contributed by atoms with van der Waals surface area (Å²) in [6.07, 6.45) is 3.78. The highest BCUT2D eigenvalue weighted by atomic mass is 35.5. The maximum atomic E-state index is 14.5. The molecule has 1 aliphatic heterocycles. The number of aromatic carboxylic acids is 1. The van der Waals surface area contributed by atoms with Gasteiger partial charge in [-0.25, -0.2) is 19.4 Å². The first-order valence-corrected chi connectivity index (χ1v) is 12.6. The van der Waals surface area contributed by atoms with Gasteiger partial charge in [0.15, 0.2) is 5.69 Å². The van der Waals surface area contributed by atoms with Gasteiger partial charge in [0.05, 0.1) is 35.4 Å². The summed E-state index contributed by atoms with van der Waals surface area (Å²) < 4.78 is 17.6. The van der Waals surface area contributed by atoms with E-state index >= 15 is 0 Å². The van der Waals surface area contributed by atoms with Crippen molar-refractivity contribution in [2.45, 2.75) is 25.3 Å². The minimum atomic E-state index is -1.19. The Morgan fingerprint density at radius 2 is 2.03 bits per heavy atom. The van der Waals surface area contributed by atoms with Gasteiger partial charge in [-0.05, 0) is 61.2 Å². The Balaban J connectivity index is 1.30. The van der Waals surface area contributed by atoms with Crippen molar-refractivity contribution in [3.63, 3.8) is 0 Å². The molecule has 1 aromatic carbocycles. The van der Waals surface area contributed by atoms with E-state index in [1.807, 2.05) is 6.07 Å². The number of imidazole rings is 1. The number of carboxylic acid groups (broad SMARTS) is 1. The number of aromatic nitrogens is 7. The number of halogens is 2. The minimum Gasteiger partial charge on any atom is -0.476 e. The second-order valence-electron chi connectivity index (χ2n) is 9.82. The molecule has 3 unspecified atom stereocenters. The molecule has 2 N–H and O–H groups in total. The van der Waals surface area contributed by atoms with Crippen LogP contribution in [0.1, 0.15) is 46.1 Å². The quantitative estimate of drug-likeness (QED) is 0.314. The smallest absolute Gasteiger partial charge is 0.358 e. The standard InChI is InChI=1S/C27H19ClFN7O3/c1-12-2-4-15(25(29)31-12)19-10-30-26(32-19)24-18-9-17(18)22-6-13(7-23(37)36(22)24)16-8-14(28)3-5-21(16)35-11-20(27(38)39)33-34-35/h2-8,10-11,17-18,24H,9H2,1H3,(H,30,32)(H,38,39). The van der Waals surface area contributed by atoms with Crippen LogP contribution in [0.4, 0.5) is 4.39 Å². The van der Waals surface area contributed by atoms with Gasteiger partial charge in [0.2, 0.25) is 5.95 Å². The van der Waals surface area contributed by atoms with Gasteiger partial charge >= 0.3 is 5.97 Å². The molecule has 2 aliphatic rings. The van der Waals surface area contributed by atoms with Gasteiger partial charge in [0.25, 0.3) is 5.56 Å². The number of rotatable bonds is 5. The van der Waals surface area contributed by atoms with Crippen molar-refractivity contribution in [1.29, 1.82) is 0 Å². The van der Waals surface area contributed by atoms with Crippen LogP contribution in [0.3, 0.4) is 0 Å². The Bertz CT molecular complexity index is 1880. The number of aromatic amines is 1. The van der Waals surface area contributed by atoms with E-state index in [0.717, 1.165) is 12.1 Å². The minimum absolute atomic E-state index is 0.182. The summed E-state index contributed by atoms with van der Waals surface area (Å²) in [5, 5.41) is 17.3. The van der Waals surface area contributed by atoms with Gasteiger partial charge in [-0.2, -0.15) is 4.39 Å². The van der Waals surface area contributed by atoms with Gasteiger partial charge < -0.3 is 14.7 Å². The van der Waals surface area contributed by atoms with E-state index < -0.39 is 11.9 Å². The van der Waals surface area contributed by atoms with Crippen molar-refractivity contribution in [1.82, 2.24) is 34.5 Å². The molecule has 1 fully saturated rings. The highest BCUT2D eigenvalue weighted by Crippen LogP contribution is 2.60. The largest absolute Gasteiger partial charge is 0.476 e. The average molecular weight is 544 g/mol. The van der Waals surface area contributed by atoms with Crippen LogP contribution in [0.2, 0.25) is 5.02 Å². The highest BCUT2D eigenvalue weighted by molar-refractivity contribution is 6.31. The Kier molecular flexibility index (Phi) is 5.08. The molecule has 0 amide bonds. The van der Waals surface area contributed by atoms with Crippen molar-refractivity contribution < 1.29 is 14.3 Å². The summed E-state index contributed by atoms with van der Waals surface area (Å²) in [5.74, 6) is -0.802. The van der Waals surface area contributed by atoms with E-state index in [9.17, 15) is 19.1 Å². The molecule has 194 valence electrons. The number of hydrogen-bond donors (Lipinski definition) is 2. The molecular weight excluding hydrogens is 525 g/mol. The predicted molar refractivity (Wildman–Crippen MR) is 139 cm³/mol. The molecule has 3 atom stereocenters. The predicted octanol–water partition coefficient (Wildman–Crippen LogP) is 4.39. The summed E-state index contributed by atoms with van der Waals surface area (Å²) in [5.41, 5.74) is 3.66. The van der Waals surface area contributed by atoms with Crippen LogP contribution in [-0.2, 0) is 0 Å². The van der Waals surface area contributed by atoms with Crippen LogP contribution >= 0.6 is 11.6 Å². The summed E-state index contributed by atoms with van der Waals surface area (Å²) in [7, 11) is 0. The fourth-order valence-electron chi connectivity index (χ4n) is 5.53. The molecule has 10 nitrogen and oxygen atoms in total. The van der Waals surface area contributed by atoms with Crippen LogP contribution in [0.25, 0.3) is 28.1 Å². The molecular formula is C27H19ClFN7O3. The first-order valence-electron chi connectivity index (χ1n) is 12.2. The number of H-pyrrole nitrogens is 1. The van der Waals surface area contributed by atoms with Crippen LogP contribution in [0, 0.1) is 18.8 Å². The topological polar surface area (TPSA) is 132 Å². The molecule has 1 saturated carbocycles. The third-order valence-corrected chi connectivity index (χ3v) is 7.62. The number of pyridine rings is 2. The number of carboxylic acids is 1. The maximum Gasteiger partial charge on any atom is 0.358 e. The molecule has 5 aromatic rings. The van der Waals surface area contributed by atoms with E-state index in [0.29, 0.717) is 44.6 Å². The summed E-state index contributed by atoms with van der Waals surface area (Å²) >= 11 is 6.31. The fourth-order valence-corrected chi connectivity index (χ4v) is 5.70. The lowest BCUT2D eigenvalue weighted by atomic mass is 10.0. The van der Waals surface area contributed by atoms with Crippen molar-refractivity contribution >= 4 is 17.6 Å². The third kappa shape index (κ3) is 3.76. The van der Waals surface area contributed by atoms with Crippen LogP contribution < -0.4 is 5.56 Å². The second-order valence-corrected chi connectivity index (χ2v) is 10.3. The van der Waals surface area contributed by atoms with Crippen LogP contribution in [0.15, 0.2) is 59.7 Å². The number of fused-ring (bicyclic) bond motifs is 3. The van der Waals surface area contributed by atoms with E-state index in [-0.39, 0.29) is 29.1 Å². The van der Waals surface area contributed by atoms with Gasteiger partial charge in [-0.3, -0.25) is 4.79 Å². The summed E-state index contributed by atoms with van der Waals surface area (Å²) in [4.78, 5) is 36.5. The lowest BCUT2D eigenvalue weighted by molar-refractivity contribution is 0.0690. The Hall–Kier alpha value is -4.64. The lowest BCUT2D eigenvalue weighted by Gasteiger charge is -2.18. The first kappa shape index (κ1) is 23.5. The molecule has 0 saturated heterocycles. The number of aryl methyl sites for hydroxylation is 1. The highest BCUT2D eigenvalue weighted by Gasteiger charge is 2.54. The molecule has 0 bridgehead atoms. The number of benzene rings is 1. The average Bonchev–Trinajstić information content (AvgIpc) is 3.22. The van der Waals surface area contributed by atoms with Crippen molar-refractivity contribution in [3.8, 4) is 28.1 Å². The number of nitrogens with one attached hydrogen (secondary N) is 1. The molecule has 39 heavy (non-hydrogen) atoms. The molecule has 7 rings (SSSR count). The Morgan fingerprint density at radius 3 is 2.79 bits per heavy atom. The van der Waals surface area contributed by atoms with E-state index in [1.54, 1.807) is 48.0 Å². The summed E-state index contributed by atoms with van der Waals surface area (Å²) in [6, 6.07) is 11.7. The SMILES string of the molecule is Cc1ccc(-c2cnc(C3C4CC4c4cc(-c5cc(Cl)ccc5-n5cc(C(=O)O)nn5)cc(=O)n43)[nH]2)c(F)n1. The monoisotopic (exact) mass is 543 g/mol. The zero-order valence-corrected chi connectivity index (χ0v) is 21.1. The third-order valence-electron chi connectivity index (χ3n) is 7.38. The molecule has 1 aliphatic carbocycles. The van der Waals surface area contributed by atoms with Gasteiger partial charge in [-0.1, -0.05) is 16.8 Å². The molecule has 0 spiro atoms. The van der Waals surface area contributed by atoms with Crippen molar-refractivity contribution in [2.75, 3.05) is 0 Å². The number of carbonyl (C=O) groups is 1. The van der Waals surface area contributed by atoms with Gasteiger partial charge in [-0.15, -0.1) is 5.10 Å². The molecule has 4 aromatic heterocycles. The van der Waals surface area contributed by atoms with Crippen molar-refractivity contribution in [3.05, 3.63) is 99.1 Å². The normalized spacial score (nSPS) is 19.1. The lowest BCUT2D eigenvalue weighted by Crippen LogP contribution is -2.26. The van der Waals surface area contributed by atoms with Crippen molar-refractivity contribution in [2.24, 2.45) is 5.92 Å². The zero-order valence-electron chi connectivity index (χ0n) is 20.3. The van der Waals surface area contributed by atoms with Crippen LogP contribution in [-0.4, -0.2) is 45.6 Å². The summed E-state index contributed by atoms with van der Waals surface area (Å²) in [6.45, 7) is 1.72. The number of hydrogen-bond acceptors (Lipinski definition) is 6. The second kappa shape index (κ2) is 8.43. The number of nitrogens with zero attached hydrogens (tertiary/aromatic N) is 6. The molecule has 0 radical (unpaired) electrons. The van der Waals surface area contributed by atoms with Gasteiger partial charge in [0, 0.05) is 34.0 Å². The maximum absolute atomic E-state index is 14.5.